The largest absolute Gasteiger partial charge is 0.490 e. The Hall–Kier alpha value is -2.12. The van der Waals surface area contributed by atoms with E-state index in [4.69, 9.17) is 33.3 Å². The van der Waals surface area contributed by atoms with Crippen molar-refractivity contribution in [2.45, 2.75) is 33.3 Å². The van der Waals surface area contributed by atoms with Gasteiger partial charge in [-0.2, -0.15) is 0 Å². The van der Waals surface area contributed by atoms with E-state index in [-0.39, 0.29) is 16.8 Å². The molecular weight excluding hydrogens is 388 g/mol. The Labute approximate surface area is 169 Å². The van der Waals surface area contributed by atoms with Crippen LogP contribution >= 0.6 is 23.8 Å². The normalized spacial score (nSPS) is 15.9. The number of nitrogens with zero attached hydrogens (tertiary/aromatic N) is 2. The summed E-state index contributed by atoms with van der Waals surface area (Å²) in [5.41, 5.74) is 0.564. The molecule has 6 nitrogen and oxygen atoms in total. The van der Waals surface area contributed by atoms with Crippen molar-refractivity contribution in [2.24, 2.45) is 0 Å². The molecule has 1 fully saturated rings. The second-order valence-electron chi connectivity index (χ2n) is 6.17. The molecule has 146 valence electrons. The van der Waals surface area contributed by atoms with Crippen molar-refractivity contribution in [3.8, 4) is 11.5 Å². The molecule has 8 heteroatoms. The van der Waals surface area contributed by atoms with Gasteiger partial charge in [-0.1, -0.05) is 18.5 Å². The lowest BCUT2D eigenvalue weighted by Gasteiger charge is -2.31. The van der Waals surface area contributed by atoms with Gasteiger partial charge in [0.1, 0.15) is 5.57 Å². The quantitative estimate of drug-likeness (QED) is 0.408. The third-order valence-corrected chi connectivity index (χ3v) is 5.01. The van der Waals surface area contributed by atoms with E-state index >= 15 is 0 Å². The van der Waals surface area contributed by atoms with Crippen molar-refractivity contribution in [3.05, 3.63) is 28.3 Å². The second kappa shape index (κ2) is 8.71. The van der Waals surface area contributed by atoms with E-state index in [9.17, 15) is 9.59 Å². The van der Waals surface area contributed by atoms with Gasteiger partial charge in [-0.05, 0) is 56.3 Å². The molecule has 1 saturated heterocycles. The molecule has 0 aliphatic carbocycles. The molecule has 0 bridgehead atoms. The third-order valence-electron chi connectivity index (χ3n) is 4.18. The molecule has 2 amide bonds. The first-order chi connectivity index (χ1) is 12.7. The lowest BCUT2D eigenvalue weighted by molar-refractivity contribution is -0.132. The lowest BCUT2D eigenvalue weighted by atomic mass is 10.1. The third kappa shape index (κ3) is 4.42. The summed E-state index contributed by atoms with van der Waals surface area (Å²) in [4.78, 5) is 27.5. The van der Waals surface area contributed by atoms with E-state index in [2.05, 4.69) is 0 Å². The number of carbonyl (C=O) groups is 2. The fourth-order valence-corrected chi connectivity index (χ4v) is 2.90. The number of benzene rings is 1. The van der Waals surface area contributed by atoms with Crippen molar-refractivity contribution >= 4 is 46.8 Å². The van der Waals surface area contributed by atoms with Gasteiger partial charge < -0.3 is 9.47 Å². The second-order valence-corrected chi connectivity index (χ2v) is 6.94. The molecule has 0 radical (unpaired) electrons. The van der Waals surface area contributed by atoms with Gasteiger partial charge in [-0.25, -0.2) is 0 Å². The summed E-state index contributed by atoms with van der Waals surface area (Å²) in [6.07, 6.45) is 2.27. The van der Waals surface area contributed by atoms with Crippen molar-refractivity contribution in [2.75, 3.05) is 20.7 Å². The first-order valence-electron chi connectivity index (χ1n) is 8.65. The van der Waals surface area contributed by atoms with Gasteiger partial charge in [-0.3, -0.25) is 19.4 Å². The highest BCUT2D eigenvalue weighted by Gasteiger charge is 2.35. The number of thiocarbonyl (C=S) groups is 1. The Morgan fingerprint density at radius 1 is 1.19 bits per heavy atom. The van der Waals surface area contributed by atoms with Gasteiger partial charge in [0.15, 0.2) is 16.6 Å². The molecule has 0 aromatic heterocycles. The Kier molecular flexibility index (Phi) is 6.84. The molecule has 1 aliphatic heterocycles. The zero-order chi connectivity index (χ0) is 20.3. The number of likely N-dealkylation sites (N-methyl/N-ethyl adjacent to an activating group) is 2. The number of halogens is 1. The maximum absolute atomic E-state index is 12.5. The SMILES string of the molecule is CCOc1cc(C=C2C(=O)N(C)C(=S)N(C)C2=O)cc(Cl)c1O[C@H](C)CC. The molecule has 1 aliphatic rings. The summed E-state index contributed by atoms with van der Waals surface area (Å²) in [6, 6.07) is 3.34. The van der Waals surface area contributed by atoms with Gasteiger partial charge in [0.25, 0.3) is 11.8 Å². The molecular formula is C19H23ClN2O4S. The Morgan fingerprint density at radius 2 is 1.78 bits per heavy atom. The minimum absolute atomic E-state index is 0.00251. The number of hydrogen-bond donors (Lipinski definition) is 0. The van der Waals surface area contributed by atoms with E-state index < -0.39 is 11.8 Å². The zero-order valence-corrected chi connectivity index (χ0v) is 17.6. The van der Waals surface area contributed by atoms with E-state index in [0.29, 0.717) is 28.7 Å². The summed E-state index contributed by atoms with van der Waals surface area (Å²) in [5.74, 6) is -0.00829. The van der Waals surface area contributed by atoms with Gasteiger partial charge in [0, 0.05) is 14.1 Å². The van der Waals surface area contributed by atoms with Crippen LogP contribution in [0.25, 0.3) is 6.08 Å². The average Bonchev–Trinajstić information content (AvgIpc) is 2.64. The highest BCUT2D eigenvalue weighted by atomic mass is 35.5. The van der Waals surface area contributed by atoms with Crippen molar-refractivity contribution in [3.63, 3.8) is 0 Å². The van der Waals surface area contributed by atoms with Crippen LogP contribution in [0.3, 0.4) is 0 Å². The first kappa shape index (κ1) is 21.2. The lowest BCUT2D eigenvalue weighted by Crippen LogP contribution is -2.52. The Balaban J connectivity index is 2.49. The van der Waals surface area contributed by atoms with Gasteiger partial charge in [0.2, 0.25) is 0 Å². The predicted molar refractivity (Wildman–Crippen MR) is 109 cm³/mol. The number of rotatable bonds is 6. The molecule has 0 saturated carbocycles. The fourth-order valence-electron chi connectivity index (χ4n) is 2.47. The van der Waals surface area contributed by atoms with Crippen LogP contribution in [0.1, 0.15) is 32.8 Å². The van der Waals surface area contributed by atoms with Crippen molar-refractivity contribution in [1.29, 1.82) is 0 Å². The minimum atomic E-state index is -0.461. The van der Waals surface area contributed by atoms with Gasteiger partial charge >= 0.3 is 0 Å². The molecule has 1 heterocycles. The molecule has 1 aromatic rings. The van der Waals surface area contributed by atoms with Crippen molar-refractivity contribution in [1.82, 2.24) is 9.80 Å². The van der Waals surface area contributed by atoms with E-state index in [1.165, 1.54) is 30.0 Å². The molecule has 1 aromatic carbocycles. The minimum Gasteiger partial charge on any atom is -0.490 e. The molecule has 0 unspecified atom stereocenters. The summed E-state index contributed by atoms with van der Waals surface area (Å²) >= 11 is 11.5. The number of amides is 2. The van der Waals surface area contributed by atoms with Crippen LogP contribution in [0, 0.1) is 0 Å². The predicted octanol–water partition coefficient (Wildman–Crippen LogP) is 3.51. The Morgan fingerprint density at radius 3 is 2.30 bits per heavy atom. The van der Waals surface area contributed by atoms with E-state index in [1.54, 1.807) is 12.1 Å². The molecule has 2 rings (SSSR count). The Bertz CT molecular complexity index is 783. The summed E-state index contributed by atoms with van der Waals surface area (Å²) in [6.45, 7) is 6.22. The average molecular weight is 411 g/mol. The topological polar surface area (TPSA) is 59.1 Å². The molecule has 1 atom stereocenters. The van der Waals surface area contributed by atoms with Crippen LogP contribution in [0.5, 0.6) is 11.5 Å². The summed E-state index contributed by atoms with van der Waals surface area (Å²) < 4.78 is 11.5. The van der Waals surface area contributed by atoms with Crippen LogP contribution in [0.4, 0.5) is 0 Å². The number of carbonyl (C=O) groups excluding carboxylic acids is 2. The molecule has 0 N–H and O–H groups in total. The zero-order valence-electron chi connectivity index (χ0n) is 16.0. The number of hydrogen-bond acceptors (Lipinski definition) is 5. The van der Waals surface area contributed by atoms with Crippen LogP contribution in [0.15, 0.2) is 17.7 Å². The highest BCUT2D eigenvalue weighted by molar-refractivity contribution is 7.80. The summed E-state index contributed by atoms with van der Waals surface area (Å²) in [5, 5.41) is 0.508. The smallest absolute Gasteiger partial charge is 0.265 e. The van der Waals surface area contributed by atoms with Crippen LogP contribution < -0.4 is 9.47 Å². The van der Waals surface area contributed by atoms with Crippen LogP contribution in [-0.2, 0) is 9.59 Å². The molecule has 27 heavy (non-hydrogen) atoms. The van der Waals surface area contributed by atoms with Gasteiger partial charge in [0.05, 0.1) is 17.7 Å². The van der Waals surface area contributed by atoms with E-state index in [1.807, 2.05) is 20.8 Å². The fraction of sp³-hybridized carbons (Fsp3) is 0.421. The first-order valence-corrected chi connectivity index (χ1v) is 9.44. The van der Waals surface area contributed by atoms with Gasteiger partial charge in [-0.15, -0.1) is 0 Å². The maximum atomic E-state index is 12.5. The van der Waals surface area contributed by atoms with E-state index in [0.717, 1.165) is 6.42 Å². The standard InChI is InChI=1S/C19H23ClN2O4S/c1-6-11(3)26-16-14(20)9-12(10-15(16)25-7-2)8-13-17(23)21(4)19(27)22(5)18(13)24/h8-11H,6-7H2,1-5H3/t11-/m1/s1. The van der Waals surface area contributed by atoms with Crippen LogP contribution in [-0.4, -0.2) is 53.5 Å². The monoisotopic (exact) mass is 410 g/mol. The van der Waals surface area contributed by atoms with Crippen molar-refractivity contribution < 1.29 is 19.1 Å². The highest BCUT2D eigenvalue weighted by Crippen LogP contribution is 2.38. The number of ether oxygens (including phenoxy) is 2. The maximum Gasteiger partial charge on any atom is 0.265 e. The summed E-state index contributed by atoms with van der Waals surface area (Å²) in [7, 11) is 3.06. The van der Waals surface area contributed by atoms with Crippen LogP contribution in [0.2, 0.25) is 5.02 Å². The molecule has 0 spiro atoms.